The summed E-state index contributed by atoms with van der Waals surface area (Å²) in [6.07, 6.45) is 1.72. The molecule has 5 nitrogen and oxygen atoms in total. The maximum Gasteiger partial charge on any atom is 0.269 e. The Balaban J connectivity index is 1.91. The molecule has 0 atom stereocenters. The van der Waals surface area contributed by atoms with Gasteiger partial charge in [-0.25, -0.2) is 0 Å². The van der Waals surface area contributed by atoms with Gasteiger partial charge in [-0.1, -0.05) is 40.5 Å². The highest BCUT2D eigenvalue weighted by Gasteiger charge is 2.16. The minimum atomic E-state index is 0.212. The number of hydrogen-bond donors (Lipinski definition) is 0. The Bertz CT molecular complexity index is 905. The first kappa shape index (κ1) is 17.3. The zero-order valence-electron chi connectivity index (χ0n) is 13.5. The molecule has 2 aromatic carbocycles. The fourth-order valence-electron chi connectivity index (χ4n) is 2.18. The van der Waals surface area contributed by atoms with E-state index in [1.165, 1.54) is 0 Å². The van der Waals surface area contributed by atoms with Gasteiger partial charge in [-0.05, 0) is 35.9 Å². The van der Waals surface area contributed by atoms with E-state index in [-0.39, 0.29) is 5.89 Å². The first-order valence-electron chi connectivity index (χ1n) is 7.30. The van der Waals surface area contributed by atoms with Crippen molar-refractivity contribution < 1.29 is 14.0 Å². The van der Waals surface area contributed by atoms with E-state index in [1.54, 1.807) is 50.6 Å². The van der Waals surface area contributed by atoms with Gasteiger partial charge >= 0.3 is 0 Å². The summed E-state index contributed by atoms with van der Waals surface area (Å²) in [5.41, 5.74) is 1.55. The lowest BCUT2D eigenvalue weighted by Crippen LogP contribution is -1.91. The van der Waals surface area contributed by atoms with Crippen molar-refractivity contribution in [1.82, 2.24) is 10.1 Å². The van der Waals surface area contributed by atoms with Gasteiger partial charge in [-0.2, -0.15) is 4.98 Å². The summed E-state index contributed by atoms with van der Waals surface area (Å²) in [6.45, 7) is 0. The van der Waals surface area contributed by atoms with E-state index in [1.807, 2.05) is 12.1 Å². The largest absolute Gasteiger partial charge is 0.497 e. The molecule has 0 spiro atoms. The molecule has 0 radical (unpaired) electrons. The number of nitrogens with zero attached hydrogens (tertiary/aromatic N) is 2. The number of benzene rings is 2. The number of ether oxygens (including phenoxy) is 2. The lowest BCUT2D eigenvalue weighted by atomic mass is 10.2. The normalized spacial score (nSPS) is 11.4. The summed E-state index contributed by atoms with van der Waals surface area (Å²) in [4.78, 5) is 4.33. The predicted molar refractivity (Wildman–Crippen MR) is 98.0 cm³/mol. The van der Waals surface area contributed by atoms with Gasteiger partial charge in [0.1, 0.15) is 16.5 Å². The van der Waals surface area contributed by atoms with Gasteiger partial charge in [0.15, 0.2) is 0 Å². The lowest BCUT2D eigenvalue weighted by molar-refractivity contribution is 0.393. The molecule has 0 aliphatic heterocycles. The molecule has 128 valence electrons. The standard InChI is InChI=1S/C18H14Cl2N2O3/c1-23-13-7-8-14(16(10-13)24-2)17-21-18(25-22-17)15(20)9-11-3-5-12(19)6-4-11/h3-10H,1-2H3/b15-9-. The van der Waals surface area contributed by atoms with E-state index in [0.29, 0.717) is 32.9 Å². The van der Waals surface area contributed by atoms with Crippen LogP contribution in [0.25, 0.3) is 22.5 Å². The Morgan fingerprint density at radius 3 is 2.52 bits per heavy atom. The molecular weight excluding hydrogens is 363 g/mol. The maximum absolute atomic E-state index is 6.28. The van der Waals surface area contributed by atoms with E-state index in [4.69, 9.17) is 37.2 Å². The first-order chi connectivity index (χ1) is 12.1. The van der Waals surface area contributed by atoms with Crippen molar-refractivity contribution in [2.45, 2.75) is 0 Å². The van der Waals surface area contributed by atoms with Crippen LogP contribution in [-0.2, 0) is 0 Å². The van der Waals surface area contributed by atoms with Crippen LogP contribution in [0.15, 0.2) is 47.0 Å². The van der Waals surface area contributed by atoms with Crippen LogP contribution in [0, 0.1) is 0 Å². The average molecular weight is 377 g/mol. The van der Waals surface area contributed by atoms with Crippen molar-refractivity contribution in [2.75, 3.05) is 14.2 Å². The molecule has 0 saturated carbocycles. The van der Waals surface area contributed by atoms with Gasteiger partial charge in [0, 0.05) is 11.1 Å². The third-order valence-electron chi connectivity index (χ3n) is 3.44. The number of methoxy groups -OCH3 is 2. The highest BCUT2D eigenvalue weighted by Crippen LogP contribution is 2.32. The third kappa shape index (κ3) is 3.95. The summed E-state index contributed by atoms with van der Waals surface area (Å²) < 4.78 is 15.8. The van der Waals surface area contributed by atoms with Gasteiger partial charge in [0.05, 0.1) is 19.8 Å². The van der Waals surface area contributed by atoms with Crippen molar-refractivity contribution in [3.05, 3.63) is 58.9 Å². The van der Waals surface area contributed by atoms with Crippen LogP contribution in [0.3, 0.4) is 0 Å². The fourth-order valence-corrected chi connectivity index (χ4v) is 2.51. The average Bonchev–Trinajstić information content (AvgIpc) is 3.13. The quantitative estimate of drug-likeness (QED) is 0.616. The van der Waals surface area contributed by atoms with E-state index in [9.17, 15) is 0 Å². The van der Waals surface area contributed by atoms with Gasteiger partial charge in [-0.15, -0.1) is 0 Å². The smallest absolute Gasteiger partial charge is 0.269 e. The van der Waals surface area contributed by atoms with Crippen LogP contribution in [0.4, 0.5) is 0 Å². The minimum Gasteiger partial charge on any atom is -0.497 e. The molecule has 7 heteroatoms. The minimum absolute atomic E-state index is 0.212. The highest BCUT2D eigenvalue weighted by molar-refractivity contribution is 6.50. The molecule has 0 aliphatic carbocycles. The molecule has 0 unspecified atom stereocenters. The molecule has 0 fully saturated rings. The SMILES string of the molecule is COc1ccc(-c2noc(/C(Cl)=C/c3ccc(Cl)cc3)n2)c(OC)c1. The highest BCUT2D eigenvalue weighted by atomic mass is 35.5. The van der Waals surface area contributed by atoms with Crippen LogP contribution in [-0.4, -0.2) is 24.4 Å². The molecule has 0 bridgehead atoms. The van der Waals surface area contributed by atoms with E-state index in [0.717, 1.165) is 5.56 Å². The first-order valence-corrected chi connectivity index (χ1v) is 8.05. The molecule has 0 N–H and O–H groups in total. The lowest BCUT2D eigenvalue weighted by Gasteiger charge is -2.07. The second-order valence-corrected chi connectivity index (χ2v) is 5.88. The summed E-state index contributed by atoms with van der Waals surface area (Å²) in [5, 5.41) is 4.95. The van der Waals surface area contributed by atoms with Crippen LogP contribution in [0.5, 0.6) is 11.5 Å². The molecule has 1 heterocycles. The molecule has 0 amide bonds. The van der Waals surface area contributed by atoms with Gasteiger partial charge in [0.25, 0.3) is 5.89 Å². The molecule has 0 saturated heterocycles. The second-order valence-electron chi connectivity index (χ2n) is 5.03. The van der Waals surface area contributed by atoms with Crippen LogP contribution in [0.2, 0.25) is 5.02 Å². The van der Waals surface area contributed by atoms with E-state index in [2.05, 4.69) is 10.1 Å². The van der Waals surface area contributed by atoms with Crippen molar-refractivity contribution >= 4 is 34.3 Å². The predicted octanol–water partition coefficient (Wildman–Crippen LogP) is 5.14. The summed E-state index contributed by atoms with van der Waals surface area (Å²) >= 11 is 12.2. The summed E-state index contributed by atoms with van der Waals surface area (Å²) in [6, 6.07) is 12.6. The van der Waals surface area contributed by atoms with Crippen molar-refractivity contribution in [3.63, 3.8) is 0 Å². The van der Waals surface area contributed by atoms with E-state index >= 15 is 0 Å². The number of aromatic nitrogens is 2. The fraction of sp³-hybridized carbons (Fsp3) is 0.111. The number of rotatable bonds is 5. The zero-order chi connectivity index (χ0) is 17.8. The summed E-state index contributed by atoms with van der Waals surface area (Å²) in [7, 11) is 3.15. The molecular formula is C18H14Cl2N2O3. The molecule has 0 aliphatic rings. The molecule has 1 aromatic heterocycles. The Kier molecular flexibility index (Phi) is 5.26. The summed E-state index contributed by atoms with van der Waals surface area (Å²) in [5.74, 6) is 1.83. The third-order valence-corrected chi connectivity index (χ3v) is 3.97. The van der Waals surface area contributed by atoms with Gasteiger partial charge < -0.3 is 14.0 Å². The van der Waals surface area contributed by atoms with Crippen molar-refractivity contribution in [1.29, 1.82) is 0 Å². The Morgan fingerprint density at radius 1 is 1.08 bits per heavy atom. The molecule has 3 aromatic rings. The van der Waals surface area contributed by atoms with Crippen LogP contribution in [0.1, 0.15) is 11.5 Å². The zero-order valence-corrected chi connectivity index (χ0v) is 15.0. The Morgan fingerprint density at radius 2 is 1.84 bits per heavy atom. The van der Waals surface area contributed by atoms with Gasteiger partial charge in [-0.3, -0.25) is 0 Å². The Hall–Kier alpha value is -2.50. The van der Waals surface area contributed by atoms with E-state index < -0.39 is 0 Å². The van der Waals surface area contributed by atoms with Crippen LogP contribution < -0.4 is 9.47 Å². The topological polar surface area (TPSA) is 57.4 Å². The van der Waals surface area contributed by atoms with Crippen molar-refractivity contribution in [3.8, 4) is 22.9 Å². The number of halogens is 2. The van der Waals surface area contributed by atoms with Crippen LogP contribution >= 0.6 is 23.2 Å². The second kappa shape index (κ2) is 7.59. The Labute approximate surface area is 154 Å². The number of hydrogen-bond acceptors (Lipinski definition) is 5. The molecule has 3 rings (SSSR count). The van der Waals surface area contributed by atoms with Crippen molar-refractivity contribution in [2.24, 2.45) is 0 Å². The molecule has 25 heavy (non-hydrogen) atoms. The maximum atomic E-state index is 6.28. The monoisotopic (exact) mass is 376 g/mol. The van der Waals surface area contributed by atoms with Gasteiger partial charge in [0.2, 0.25) is 5.82 Å².